The van der Waals surface area contributed by atoms with Gasteiger partial charge in [0.25, 0.3) is 0 Å². The molecule has 2 aromatic rings. The lowest BCUT2D eigenvalue weighted by Gasteiger charge is -2.15. The van der Waals surface area contributed by atoms with Gasteiger partial charge in [0.05, 0.1) is 5.56 Å². The van der Waals surface area contributed by atoms with Crippen LogP contribution in [-0.4, -0.2) is 10.8 Å². The molecule has 1 aromatic carbocycles. The van der Waals surface area contributed by atoms with E-state index in [1.165, 1.54) is 6.92 Å². The maximum absolute atomic E-state index is 11.6. The van der Waals surface area contributed by atoms with Gasteiger partial charge >= 0.3 is 0 Å². The Morgan fingerprint density at radius 3 is 2.65 bits per heavy atom. The number of aryl methyl sites for hydroxylation is 1. The highest BCUT2D eigenvalue weighted by molar-refractivity contribution is 5.96. The number of ether oxygens (including phenoxy) is 1. The standard InChI is InChI=1S/C17H19NO2/c1-11(2)14-8-7-12(3)10-16(14)20-17-15(13(4)19)6-5-9-18-17/h5-11H,1-4H3. The van der Waals surface area contributed by atoms with Gasteiger partial charge in [-0.25, -0.2) is 4.98 Å². The van der Waals surface area contributed by atoms with Crippen molar-refractivity contribution in [2.75, 3.05) is 0 Å². The van der Waals surface area contributed by atoms with Crippen molar-refractivity contribution in [3.05, 3.63) is 53.2 Å². The second kappa shape index (κ2) is 5.87. The van der Waals surface area contributed by atoms with E-state index in [1.807, 2.05) is 13.0 Å². The molecule has 0 aliphatic carbocycles. The summed E-state index contributed by atoms with van der Waals surface area (Å²) >= 11 is 0. The van der Waals surface area contributed by atoms with Gasteiger partial charge < -0.3 is 4.74 Å². The quantitative estimate of drug-likeness (QED) is 0.767. The summed E-state index contributed by atoms with van der Waals surface area (Å²) in [6.07, 6.45) is 1.63. The van der Waals surface area contributed by atoms with Crippen molar-refractivity contribution in [1.29, 1.82) is 0 Å². The fourth-order valence-corrected chi connectivity index (χ4v) is 2.05. The summed E-state index contributed by atoms with van der Waals surface area (Å²) in [6.45, 7) is 7.76. The number of ketones is 1. The van der Waals surface area contributed by atoms with Gasteiger partial charge in [0.1, 0.15) is 5.75 Å². The van der Waals surface area contributed by atoms with Crippen LogP contribution in [0.2, 0.25) is 0 Å². The number of hydrogen-bond acceptors (Lipinski definition) is 3. The SMILES string of the molecule is CC(=O)c1cccnc1Oc1cc(C)ccc1C(C)C. The molecule has 3 heteroatoms. The molecule has 0 saturated carbocycles. The van der Waals surface area contributed by atoms with Crippen molar-refractivity contribution >= 4 is 5.78 Å². The Morgan fingerprint density at radius 1 is 1.25 bits per heavy atom. The lowest BCUT2D eigenvalue weighted by molar-refractivity contribution is 0.101. The topological polar surface area (TPSA) is 39.2 Å². The van der Waals surface area contributed by atoms with E-state index >= 15 is 0 Å². The van der Waals surface area contributed by atoms with Crippen LogP contribution in [0.15, 0.2) is 36.5 Å². The Hall–Kier alpha value is -2.16. The Bertz CT molecular complexity index is 633. The summed E-state index contributed by atoms with van der Waals surface area (Å²) in [5.41, 5.74) is 2.73. The minimum atomic E-state index is -0.0492. The molecule has 0 atom stereocenters. The first-order chi connectivity index (χ1) is 9.49. The van der Waals surface area contributed by atoms with Crippen LogP contribution in [0, 0.1) is 6.92 Å². The fourth-order valence-electron chi connectivity index (χ4n) is 2.05. The number of Topliss-reactive ketones (excluding diaryl/α,β-unsaturated/α-hetero) is 1. The molecule has 104 valence electrons. The summed E-state index contributed by atoms with van der Waals surface area (Å²) in [5.74, 6) is 1.43. The van der Waals surface area contributed by atoms with Crippen LogP contribution in [0.25, 0.3) is 0 Å². The van der Waals surface area contributed by atoms with E-state index in [-0.39, 0.29) is 5.78 Å². The molecule has 0 aliphatic heterocycles. The van der Waals surface area contributed by atoms with E-state index in [0.29, 0.717) is 17.4 Å². The van der Waals surface area contributed by atoms with Crippen molar-refractivity contribution < 1.29 is 9.53 Å². The van der Waals surface area contributed by atoms with Gasteiger partial charge in [-0.05, 0) is 49.1 Å². The number of carbonyl (C=O) groups is 1. The van der Waals surface area contributed by atoms with Crippen molar-refractivity contribution in [2.24, 2.45) is 0 Å². The molecular formula is C17H19NO2. The Balaban J connectivity index is 2.45. The molecule has 20 heavy (non-hydrogen) atoms. The number of benzene rings is 1. The molecule has 0 saturated heterocycles. The second-order valence-electron chi connectivity index (χ2n) is 5.21. The summed E-state index contributed by atoms with van der Waals surface area (Å²) < 4.78 is 5.91. The first-order valence-electron chi connectivity index (χ1n) is 6.73. The lowest BCUT2D eigenvalue weighted by atomic mass is 10.0. The molecule has 0 amide bonds. The molecule has 1 aromatic heterocycles. The number of aromatic nitrogens is 1. The maximum atomic E-state index is 11.6. The highest BCUT2D eigenvalue weighted by Crippen LogP contribution is 2.32. The first kappa shape index (κ1) is 14.3. The number of pyridine rings is 1. The first-order valence-corrected chi connectivity index (χ1v) is 6.73. The third-order valence-corrected chi connectivity index (χ3v) is 3.15. The Kier molecular flexibility index (Phi) is 4.18. The van der Waals surface area contributed by atoms with Gasteiger partial charge in [-0.2, -0.15) is 0 Å². The molecule has 0 spiro atoms. The third kappa shape index (κ3) is 3.05. The fraction of sp³-hybridized carbons (Fsp3) is 0.294. The summed E-state index contributed by atoms with van der Waals surface area (Å²) in [5, 5.41) is 0. The molecule has 0 N–H and O–H groups in total. The predicted octanol–water partition coefficient (Wildman–Crippen LogP) is 4.51. The number of nitrogens with zero attached hydrogens (tertiary/aromatic N) is 1. The van der Waals surface area contributed by atoms with Gasteiger partial charge in [0, 0.05) is 6.20 Å². The molecule has 0 fully saturated rings. The summed E-state index contributed by atoms with van der Waals surface area (Å²) in [7, 11) is 0. The number of rotatable bonds is 4. The highest BCUT2D eigenvalue weighted by atomic mass is 16.5. The van der Waals surface area contributed by atoms with Gasteiger partial charge in [0.2, 0.25) is 5.88 Å². The van der Waals surface area contributed by atoms with E-state index in [0.717, 1.165) is 16.9 Å². The van der Waals surface area contributed by atoms with Crippen molar-refractivity contribution in [2.45, 2.75) is 33.6 Å². The zero-order valence-electron chi connectivity index (χ0n) is 12.3. The molecule has 0 bridgehead atoms. The average Bonchev–Trinajstić information content (AvgIpc) is 2.38. The number of hydrogen-bond donors (Lipinski definition) is 0. The predicted molar refractivity (Wildman–Crippen MR) is 79.6 cm³/mol. The largest absolute Gasteiger partial charge is 0.438 e. The molecule has 0 aliphatic rings. The maximum Gasteiger partial charge on any atom is 0.230 e. The smallest absolute Gasteiger partial charge is 0.230 e. The summed E-state index contributed by atoms with van der Waals surface area (Å²) in [4.78, 5) is 15.8. The Labute approximate surface area is 119 Å². The minimum absolute atomic E-state index is 0.0492. The minimum Gasteiger partial charge on any atom is -0.438 e. The van der Waals surface area contributed by atoms with Crippen molar-refractivity contribution in [3.8, 4) is 11.6 Å². The van der Waals surface area contributed by atoms with E-state index < -0.39 is 0 Å². The van der Waals surface area contributed by atoms with Gasteiger partial charge in [-0.15, -0.1) is 0 Å². The zero-order valence-corrected chi connectivity index (χ0v) is 12.3. The molecular weight excluding hydrogens is 250 g/mol. The van der Waals surface area contributed by atoms with Crippen molar-refractivity contribution in [3.63, 3.8) is 0 Å². The highest BCUT2D eigenvalue weighted by Gasteiger charge is 2.14. The van der Waals surface area contributed by atoms with Gasteiger partial charge in [-0.1, -0.05) is 26.0 Å². The Morgan fingerprint density at radius 2 is 2.00 bits per heavy atom. The molecule has 0 unspecified atom stereocenters. The normalized spacial score (nSPS) is 10.7. The monoisotopic (exact) mass is 269 g/mol. The van der Waals surface area contributed by atoms with Crippen molar-refractivity contribution in [1.82, 2.24) is 4.98 Å². The van der Waals surface area contributed by atoms with Crippen LogP contribution in [0.5, 0.6) is 11.6 Å². The van der Waals surface area contributed by atoms with Crippen LogP contribution in [0.1, 0.15) is 48.2 Å². The van der Waals surface area contributed by atoms with Crippen LogP contribution in [0.4, 0.5) is 0 Å². The zero-order chi connectivity index (χ0) is 14.7. The van der Waals surface area contributed by atoms with Gasteiger partial charge in [0.15, 0.2) is 5.78 Å². The average molecular weight is 269 g/mol. The van der Waals surface area contributed by atoms with E-state index in [4.69, 9.17) is 4.74 Å². The van der Waals surface area contributed by atoms with E-state index in [1.54, 1.807) is 18.3 Å². The molecule has 0 radical (unpaired) electrons. The van der Waals surface area contributed by atoms with Gasteiger partial charge in [-0.3, -0.25) is 4.79 Å². The molecule has 3 nitrogen and oxygen atoms in total. The summed E-state index contributed by atoms with van der Waals surface area (Å²) in [6, 6.07) is 9.57. The second-order valence-corrected chi connectivity index (χ2v) is 5.21. The number of carbonyl (C=O) groups excluding carboxylic acids is 1. The van der Waals surface area contributed by atoms with E-state index in [2.05, 4.69) is 31.0 Å². The molecule has 1 heterocycles. The third-order valence-electron chi connectivity index (χ3n) is 3.15. The van der Waals surface area contributed by atoms with Crippen LogP contribution in [0.3, 0.4) is 0 Å². The van der Waals surface area contributed by atoms with Crippen LogP contribution < -0.4 is 4.74 Å². The van der Waals surface area contributed by atoms with Crippen LogP contribution >= 0.6 is 0 Å². The lowest BCUT2D eigenvalue weighted by Crippen LogP contribution is -2.01. The molecule has 2 rings (SSSR count). The van der Waals surface area contributed by atoms with Crippen LogP contribution in [-0.2, 0) is 0 Å². The van der Waals surface area contributed by atoms with E-state index in [9.17, 15) is 4.79 Å².